The summed E-state index contributed by atoms with van der Waals surface area (Å²) in [5.41, 5.74) is 3.54. The summed E-state index contributed by atoms with van der Waals surface area (Å²) < 4.78 is 6.07. The molecule has 19 heavy (non-hydrogen) atoms. The van der Waals surface area contributed by atoms with Crippen LogP contribution in [-0.4, -0.2) is 16.1 Å². The maximum atomic E-state index is 6.07. The van der Waals surface area contributed by atoms with Crippen LogP contribution in [0.1, 0.15) is 56.8 Å². The smallest absolute Gasteiger partial charge is 0.222 e. The summed E-state index contributed by atoms with van der Waals surface area (Å²) in [5.74, 6) is 7.68. The fourth-order valence-electron chi connectivity index (χ4n) is 2.47. The van der Waals surface area contributed by atoms with E-state index in [0.29, 0.717) is 17.8 Å². The molecule has 1 aromatic rings. The highest BCUT2D eigenvalue weighted by Gasteiger charge is 2.18. The maximum absolute atomic E-state index is 6.07. The van der Waals surface area contributed by atoms with E-state index in [1.807, 2.05) is 6.92 Å². The average molecular weight is 264 g/mol. The van der Waals surface area contributed by atoms with E-state index >= 15 is 0 Å². The molecule has 1 heterocycles. The van der Waals surface area contributed by atoms with Gasteiger partial charge in [0.15, 0.2) is 0 Å². The van der Waals surface area contributed by atoms with Gasteiger partial charge in [-0.25, -0.2) is 10.8 Å². The number of aromatic nitrogens is 2. The molecule has 0 saturated heterocycles. The van der Waals surface area contributed by atoms with Crippen LogP contribution in [-0.2, 0) is 6.42 Å². The van der Waals surface area contributed by atoms with E-state index < -0.39 is 0 Å². The first-order valence-corrected chi connectivity index (χ1v) is 7.25. The van der Waals surface area contributed by atoms with E-state index in [2.05, 4.69) is 22.3 Å². The van der Waals surface area contributed by atoms with Gasteiger partial charge in [-0.15, -0.1) is 0 Å². The van der Waals surface area contributed by atoms with Gasteiger partial charge >= 0.3 is 0 Å². The van der Waals surface area contributed by atoms with Crippen LogP contribution < -0.4 is 16.0 Å². The standard InChI is InChI=1S/C14H24N4O/c1-3-7-12-16-13(18-15)10(2)14(17-12)19-11-8-5-4-6-9-11/h11H,3-9,15H2,1-2H3,(H,16,17,18). The molecule has 0 aromatic carbocycles. The molecular formula is C14H24N4O. The van der Waals surface area contributed by atoms with Gasteiger partial charge in [-0.2, -0.15) is 4.98 Å². The predicted octanol–water partition coefficient (Wildman–Crippen LogP) is 2.73. The van der Waals surface area contributed by atoms with Crippen molar-refractivity contribution in [3.8, 4) is 5.88 Å². The normalized spacial score (nSPS) is 16.4. The van der Waals surface area contributed by atoms with Crippen LogP contribution in [0, 0.1) is 6.92 Å². The molecule has 5 heteroatoms. The molecule has 3 N–H and O–H groups in total. The van der Waals surface area contributed by atoms with Crippen molar-refractivity contribution in [2.75, 3.05) is 5.43 Å². The zero-order valence-corrected chi connectivity index (χ0v) is 11.9. The number of hydrogen-bond donors (Lipinski definition) is 2. The lowest BCUT2D eigenvalue weighted by Gasteiger charge is -2.23. The van der Waals surface area contributed by atoms with Gasteiger partial charge in [-0.1, -0.05) is 13.3 Å². The summed E-state index contributed by atoms with van der Waals surface area (Å²) in [6, 6.07) is 0. The van der Waals surface area contributed by atoms with E-state index in [-0.39, 0.29) is 0 Å². The predicted molar refractivity (Wildman–Crippen MR) is 76.1 cm³/mol. The van der Waals surface area contributed by atoms with Crippen LogP contribution in [0.15, 0.2) is 0 Å². The van der Waals surface area contributed by atoms with Gasteiger partial charge in [0.1, 0.15) is 17.7 Å². The Bertz CT molecular complexity index is 416. The Morgan fingerprint density at radius 2 is 2.00 bits per heavy atom. The van der Waals surface area contributed by atoms with Gasteiger partial charge in [0, 0.05) is 6.42 Å². The van der Waals surface area contributed by atoms with E-state index in [1.165, 1.54) is 19.3 Å². The number of nitrogen functional groups attached to an aromatic ring is 1. The van der Waals surface area contributed by atoms with Gasteiger partial charge in [-0.3, -0.25) is 0 Å². The molecule has 0 aliphatic heterocycles. The van der Waals surface area contributed by atoms with Crippen LogP contribution in [0.5, 0.6) is 5.88 Å². The summed E-state index contributed by atoms with van der Waals surface area (Å²) >= 11 is 0. The molecule has 1 aromatic heterocycles. The van der Waals surface area contributed by atoms with Gasteiger partial charge in [-0.05, 0) is 39.0 Å². The van der Waals surface area contributed by atoms with Crippen molar-refractivity contribution in [2.45, 2.75) is 64.9 Å². The van der Waals surface area contributed by atoms with Crippen molar-refractivity contribution in [3.63, 3.8) is 0 Å². The summed E-state index contributed by atoms with van der Waals surface area (Å²) in [7, 11) is 0. The Labute approximate surface area is 114 Å². The second-order valence-electron chi connectivity index (χ2n) is 5.19. The van der Waals surface area contributed by atoms with Crippen molar-refractivity contribution in [3.05, 3.63) is 11.4 Å². The Morgan fingerprint density at radius 3 is 2.63 bits per heavy atom. The highest BCUT2D eigenvalue weighted by Crippen LogP contribution is 2.27. The lowest BCUT2D eigenvalue weighted by Crippen LogP contribution is -2.22. The summed E-state index contributed by atoms with van der Waals surface area (Å²) in [4.78, 5) is 8.94. The van der Waals surface area contributed by atoms with E-state index in [0.717, 1.165) is 37.1 Å². The zero-order chi connectivity index (χ0) is 13.7. The van der Waals surface area contributed by atoms with E-state index in [9.17, 15) is 0 Å². The molecule has 1 saturated carbocycles. The molecule has 106 valence electrons. The molecular weight excluding hydrogens is 240 g/mol. The number of nitrogens with zero attached hydrogens (tertiary/aromatic N) is 2. The SMILES string of the molecule is CCCc1nc(NN)c(C)c(OC2CCCCC2)n1. The van der Waals surface area contributed by atoms with Crippen LogP contribution >= 0.6 is 0 Å². The van der Waals surface area contributed by atoms with Crippen LogP contribution in [0.4, 0.5) is 5.82 Å². The number of aryl methyl sites for hydroxylation is 1. The number of anilines is 1. The molecule has 0 radical (unpaired) electrons. The van der Waals surface area contributed by atoms with Gasteiger partial charge in [0.2, 0.25) is 5.88 Å². The fraction of sp³-hybridized carbons (Fsp3) is 0.714. The van der Waals surface area contributed by atoms with Crippen LogP contribution in [0.2, 0.25) is 0 Å². The minimum atomic E-state index is 0.294. The summed E-state index contributed by atoms with van der Waals surface area (Å²) in [6.07, 6.45) is 8.21. The molecule has 0 bridgehead atoms. The highest BCUT2D eigenvalue weighted by molar-refractivity contribution is 5.47. The van der Waals surface area contributed by atoms with Crippen LogP contribution in [0.25, 0.3) is 0 Å². The Balaban J connectivity index is 2.18. The Hall–Kier alpha value is -1.36. The third kappa shape index (κ3) is 3.56. The highest BCUT2D eigenvalue weighted by atomic mass is 16.5. The minimum absolute atomic E-state index is 0.294. The first kappa shape index (κ1) is 14.1. The number of nitrogens with one attached hydrogen (secondary N) is 1. The molecule has 5 nitrogen and oxygen atoms in total. The fourth-order valence-corrected chi connectivity index (χ4v) is 2.47. The topological polar surface area (TPSA) is 73.1 Å². The number of nitrogens with two attached hydrogens (primary N) is 1. The zero-order valence-electron chi connectivity index (χ0n) is 11.9. The van der Waals surface area contributed by atoms with Crippen LogP contribution in [0.3, 0.4) is 0 Å². The van der Waals surface area contributed by atoms with Gasteiger partial charge < -0.3 is 10.2 Å². The first-order chi connectivity index (χ1) is 9.24. The maximum Gasteiger partial charge on any atom is 0.222 e. The summed E-state index contributed by atoms with van der Waals surface area (Å²) in [5, 5.41) is 0. The van der Waals surface area contributed by atoms with Crippen molar-refractivity contribution in [2.24, 2.45) is 5.84 Å². The molecule has 1 aliphatic carbocycles. The average Bonchev–Trinajstić information content (AvgIpc) is 2.43. The molecule has 0 unspecified atom stereocenters. The molecule has 1 aliphatic rings. The third-order valence-corrected chi connectivity index (χ3v) is 3.59. The molecule has 2 rings (SSSR count). The Kier molecular flexibility index (Phi) is 4.96. The van der Waals surface area contributed by atoms with E-state index in [4.69, 9.17) is 10.6 Å². The second-order valence-corrected chi connectivity index (χ2v) is 5.19. The largest absolute Gasteiger partial charge is 0.474 e. The first-order valence-electron chi connectivity index (χ1n) is 7.25. The lowest BCUT2D eigenvalue weighted by atomic mass is 9.98. The van der Waals surface area contributed by atoms with Crippen molar-refractivity contribution >= 4 is 5.82 Å². The molecule has 0 amide bonds. The summed E-state index contributed by atoms with van der Waals surface area (Å²) in [6.45, 7) is 4.06. The third-order valence-electron chi connectivity index (χ3n) is 3.59. The van der Waals surface area contributed by atoms with Crippen molar-refractivity contribution < 1.29 is 4.74 Å². The molecule has 0 spiro atoms. The lowest BCUT2D eigenvalue weighted by molar-refractivity contribution is 0.147. The van der Waals surface area contributed by atoms with Gasteiger partial charge in [0.25, 0.3) is 0 Å². The second kappa shape index (κ2) is 6.70. The van der Waals surface area contributed by atoms with Gasteiger partial charge in [0.05, 0.1) is 5.56 Å². The number of ether oxygens (including phenoxy) is 1. The monoisotopic (exact) mass is 264 g/mol. The van der Waals surface area contributed by atoms with Crippen molar-refractivity contribution in [1.82, 2.24) is 9.97 Å². The molecule has 1 fully saturated rings. The Morgan fingerprint density at radius 1 is 1.26 bits per heavy atom. The van der Waals surface area contributed by atoms with E-state index in [1.54, 1.807) is 0 Å². The minimum Gasteiger partial charge on any atom is -0.474 e. The quantitative estimate of drug-likeness (QED) is 0.632. The molecule has 0 atom stereocenters. The number of hydrazine groups is 1. The number of rotatable bonds is 5. The van der Waals surface area contributed by atoms with Crippen molar-refractivity contribution in [1.29, 1.82) is 0 Å². The number of hydrogen-bond acceptors (Lipinski definition) is 5.